The Balaban J connectivity index is 1.68. The highest BCUT2D eigenvalue weighted by atomic mass is 16.4. The average molecular weight is 229 g/mol. The standard InChI is InChI=1S/C14H15NO2/c16-14(17)12-7-9(12)5-6-10-8-15-13-4-2-1-3-11(10)13/h1-4,8-9,12,15H,5-7H2,(H,16,17). The Bertz CT molecular complexity index is 558. The van der Waals surface area contributed by atoms with E-state index in [1.165, 1.54) is 10.9 Å². The first-order valence-corrected chi connectivity index (χ1v) is 6.03. The van der Waals surface area contributed by atoms with Gasteiger partial charge in [-0.2, -0.15) is 0 Å². The van der Waals surface area contributed by atoms with Crippen molar-refractivity contribution >= 4 is 16.9 Å². The van der Waals surface area contributed by atoms with Crippen LogP contribution < -0.4 is 0 Å². The highest BCUT2D eigenvalue weighted by molar-refractivity contribution is 5.83. The molecule has 2 aromatic rings. The van der Waals surface area contributed by atoms with E-state index in [0.29, 0.717) is 5.92 Å². The molecule has 0 bridgehead atoms. The summed E-state index contributed by atoms with van der Waals surface area (Å²) < 4.78 is 0. The molecular formula is C14H15NO2. The summed E-state index contributed by atoms with van der Waals surface area (Å²) in [7, 11) is 0. The minimum absolute atomic E-state index is 0.0831. The fraction of sp³-hybridized carbons (Fsp3) is 0.357. The molecule has 3 heteroatoms. The zero-order valence-corrected chi connectivity index (χ0v) is 9.52. The lowest BCUT2D eigenvalue weighted by molar-refractivity contribution is -0.138. The van der Waals surface area contributed by atoms with Gasteiger partial charge in [0, 0.05) is 17.1 Å². The molecule has 3 nitrogen and oxygen atoms in total. The molecule has 88 valence electrons. The average Bonchev–Trinajstić information content (AvgIpc) is 3.00. The highest BCUT2D eigenvalue weighted by Gasteiger charge is 2.42. The molecule has 1 aliphatic rings. The second kappa shape index (κ2) is 3.91. The SMILES string of the molecule is O=C(O)C1CC1CCc1c[nH]c2ccccc12. The van der Waals surface area contributed by atoms with E-state index in [1.807, 2.05) is 18.3 Å². The number of hydrogen-bond donors (Lipinski definition) is 2. The van der Waals surface area contributed by atoms with Crippen molar-refractivity contribution in [2.24, 2.45) is 11.8 Å². The first kappa shape index (κ1) is 10.4. The van der Waals surface area contributed by atoms with Gasteiger partial charge in [0.2, 0.25) is 0 Å². The Morgan fingerprint density at radius 2 is 2.24 bits per heavy atom. The largest absolute Gasteiger partial charge is 0.481 e. The van der Waals surface area contributed by atoms with Crippen LogP contribution in [-0.2, 0) is 11.2 Å². The molecule has 1 fully saturated rings. The third-order valence-electron chi connectivity index (χ3n) is 3.70. The zero-order chi connectivity index (χ0) is 11.8. The molecule has 1 aromatic heterocycles. The monoisotopic (exact) mass is 229 g/mol. The predicted octanol–water partition coefficient (Wildman–Crippen LogP) is 2.82. The van der Waals surface area contributed by atoms with Crippen LogP contribution in [-0.4, -0.2) is 16.1 Å². The van der Waals surface area contributed by atoms with Gasteiger partial charge in [0.05, 0.1) is 5.92 Å². The number of para-hydroxylation sites is 1. The predicted molar refractivity (Wildman–Crippen MR) is 65.9 cm³/mol. The van der Waals surface area contributed by atoms with Crippen molar-refractivity contribution in [3.05, 3.63) is 36.0 Å². The number of rotatable bonds is 4. The van der Waals surface area contributed by atoms with Crippen LogP contribution in [0.25, 0.3) is 10.9 Å². The number of nitrogens with one attached hydrogen (secondary N) is 1. The summed E-state index contributed by atoms with van der Waals surface area (Å²) in [6.07, 6.45) is 4.86. The molecular weight excluding hydrogens is 214 g/mol. The minimum atomic E-state index is -0.631. The maximum Gasteiger partial charge on any atom is 0.306 e. The first-order chi connectivity index (χ1) is 8.25. The Labute approximate surface area is 99.5 Å². The van der Waals surface area contributed by atoms with Crippen molar-refractivity contribution in [3.8, 4) is 0 Å². The second-order valence-electron chi connectivity index (χ2n) is 4.84. The Morgan fingerprint density at radius 1 is 1.41 bits per heavy atom. The van der Waals surface area contributed by atoms with Crippen LogP contribution in [0.3, 0.4) is 0 Å². The van der Waals surface area contributed by atoms with Gasteiger partial charge in [-0.25, -0.2) is 0 Å². The smallest absolute Gasteiger partial charge is 0.306 e. The van der Waals surface area contributed by atoms with Gasteiger partial charge in [-0.15, -0.1) is 0 Å². The van der Waals surface area contributed by atoms with Gasteiger partial charge in [0.1, 0.15) is 0 Å². The summed E-state index contributed by atoms with van der Waals surface area (Å²) in [5.41, 5.74) is 2.46. The summed E-state index contributed by atoms with van der Waals surface area (Å²) in [6, 6.07) is 8.24. The molecule has 0 spiro atoms. The van der Waals surface area contributed by atoms with Gasteiger partial charge in [0.25, 0.3) is 0 Å². The molecule has 3 rings (SSSR count). The number of carbonyl (C=O) groups is 1. The Kier molecular flexibility index (Phi) is 2.39. The topological polar surface area (TPSA) is 53.1 Å². The number of hydrogen-bond acceptors (Lipinski definition) is 1. The van der Waals surface area contributed by atoms with Crippen molar-refractivity contribution in [3.63, 3.8) is 0 Å². The number of fused-ring (bicyclic) bond motifs is 1. The molecule has 1 heterocycles. The lowest BCUT2D eigenvalue weighted by Crippen LogP contribution is -2.00. The number of aromatic amines is 1. The second-order valence-corrected chi connectivity index (χ2v) is 4.84. The van der Waals surface area contributed by atoms with E-state index in [0.717, 1.165) is 24.8 Å². The summed E-state index contributed by atoms with van der Waals surface area (Å²) in [4.78, 5) is 14.0. The molecule has 1 saturated carbocycles. The molecule has 0 radical (unpaired) electrons. The van der Waals surface area contributed by atoms with Crippen LogP contribution in [0.1, 0.15) is 18.4 Å². The summed E-state index contributed by atoms with van der Waals surface area (Å²) in [5, 5.41) is 10.1. The van der Waals surface area contributed by atoms with Gasteiger partial charge in [0.15, 0.2) is 0 Å². The van der Waals surface area contributed by atoms with Crippen molar-refractivity contribution in [1.82, 2.24) is 4.98 Å². The van der Waals surface area contributed by atoms with E-state index in [9.17, 15) is 4.79 Å². The lowest BCUT2D eigenvalue weighted by atomic mass is 10.1. The molecule has 17 heavy (non-hydrogen) atoms. The zero-order valence-electron chi connectivity index (χ0n) is 9.52. The lowest BCUT2D eigenvalue weighted by Gasteiger charge is -1.98. The number of carboxylic acid groups (broad SMARTS) is 1. The number of aliphatic carboxylic acids is 1. The van der Waals surface area contributed by atoms with Gasteiger partial charge in [-0.05, 0) is 36.8 Å². The van der Waals surface area contributed by atoms with Crippen LogP contribution >= 0.6 is 0 Å². The molecule has 0 saturated heterocycles. The molecule has 1 aliphatic carbocycles. The maximum absolute atomic E-state index is 10.7. The normalized spacial score (nSPS) is 22.8. The number of H-pyrrole nitrogens is 1. The van der Waals surface area contributed by atoms with Crippen molar-refractivity contribution in [2.75, 3.05) is 0 Å². The minimum Gasteiger partial charge on any atom is -0.481 e. The van der Waals surface area contributed by atoms with Crippen LogP contribution in [0.2, 0.25) is 0 Å². The summed E-state index contributed by atoms with van der Waals surface area (Å²) >= 11 is 0. The molecule has 0 amide bonds. The molecule has 2 unspecified atom stereocenters. The van der Waals surface area contributed by atoms with E-state index < -0.39 is 5.97 Å². The van der Waals surface area contributed by atoms with E-state index in [2.05, 4.69) is 17.1 Å². The highest BCUT2D eigenvalue weighted by Crippen LogP contribution is 2.42. The van der Waals surface area contributed by atoms with Gasteiger partial charge >= 0.3 is 5.97 Å². The van der Waals surface area contributed by atoms with E-state index >= 15 is 0 Å². The number of aromatic nitrogens is 1. The third-order valence-corrected chi connectivity index (χ3v) is 3.70. The molecule has 1 aromatic carbocycles. The van der Waals surface area contributed by atoms with Crippen LogP contribution in [0.4, 0.5) is 0 Å². The van der Waals surface area contributed by atoms with Crippen LogP contribution in [0.5, 0.6) is 0 Å². The third kappa shape index (κ3) is 1.93. The van der Waals surface area contributed by atoms with Crippen LogP contribution in [0.15, 0.2) is 30.5 Å². The van der Waals surface area contributed by atoms with Gasteiger partial charge < -0.3 is 10.1 Å². The van der Waals surface area contributed by atoms with Gasteiger partial charge in [-0.3, -0.25) is 4.79 Å². The fourth-order valence-corrected chi connectivity index (χ4v) is 2.55. The maximum atomic E-state index is 10.7. The quantitative estimate of drug-likeness (QED) is 0.847. The van der Waals surface area contributed by atoms with Crippen molar-refractivity contribution in [2.45, 2.75) is 19.3 Å². The number of benzene rings is 1. The van der Waals surface area contributed by atoms with Crippen molar-refractivity contribution < 1.29 is 9.90 Å². The number of aryl methyl sites for hydroxylation is 1. The van der Waals surface area contributed by atoms with E-state index in [-0.39, 0.29) is 5.92 Å². The molecule has 2 atom stereocenters. The summed E-state index contributed by atoms with van der Waals surface area (Å²) in [6.45, 7) is 0. The Hall–Kier alpha value is -1.77. The first-order valence-electron chi connectivity index (χ1n) is 6.03. The molecule has 0 aliphatic heterocycles. The van der Waals surface area contributed by atoms with Crippen LogP contribution in [0, 0.1) is 11.8 Å². The fourth-order valence-electron chi connectivity index (χ4n) is 2.55. The van der Waals surface area contributed by atoms with Crippen molar-refractivity contribution in [1.29, 1.82) is 0 Å². The van der Waals surface area contributed by atoms with E-state index in [1.54, 1.807) is 0 Å². The number of carboxylic acids is 1. The Morgan fingerprint density at radius 3 is 3.00 bits per heavy atom. The van der Waals surface area contributed by atoms with Gasteiger partial charge in [-0.1, -0.05) is 18.2 Å². The summed E-state index contributed by atoms with van der Waals surface area (Å²) in [5.74, 6) is -0.324. The molecule has 2 N–H and O–H groups in total. The van der Waals surface area contributed by atoms with E-state index in [4.69, 9.17) is 5.11 Å².